The molecule has 1 aromatic rings. The van der Waals surface area contributed by atoms with E-state index in [2.05, 4.69) is 20.8 Å². The highest BCUT2D eigenvalue weighted by molar-refractivity contribution is 9.10. The lowest BCUT2D eigenvalue weighted by atomic mass is 9.91. The number of nitrogens with zero attached hydrogens (tertiary/aromatic N) is 1. The molecule has 21 heavy (non-hydrogen) atoms. The minimum Gasteiger partial charge on any atom is -0.481 e. The van der Waals surface area contributed by atoms with Crippen molar-refractivity contribution in [3.63, 3.8) is 0 Å². The van der Waals surface area contributed by atoms with Crippen LogP contribution in [0.2, 0.25) is 0 Å². The van der Waals surface area contributed by atoms with E-state index in [0.717, 1.165) is 30.4 Å². The molecule has 0 aromatic heterocycles. The van der Waals surface area contributed by atoms with Gasteiger partial charge < -0.3 is 5.11 Å². The zero-order valence-corrected chi connectivity index (χ0v) is 13.8. The predicted octanol–water partition coefficient (Wildman–Crippen LogP) is 4.23. The van der Waals surface area contributed by atoms with Crippen LogP contribution in [0.25, 0.3) is 0 Å². The number of rotatable bonds is 5. The molecule has 1 fully saturated rings. The summed E-state index contributed by atoms with van der Waals surface area (Å²) >= 11 is 3.39. The Kier molecular flexibility index (Phi) is 5.76. The molecular weight excluding hydrogens is 337 g/mol. The molecule has 1 heterocycles. The fourth-order valence-corrected chi connectivity index (χ4v) is 3.42. The zero-order chi connectivity index (χ0) is 15.4. The molecule has 5 heteroatoms. The molecule has 1 aliphatic heterocycles. The molecule has 3 nitrogen and oxygen atoms in total. The summed E-state index contributed by atoms with van der Waals surface area (Å²) in [6.07, 6.45) is 3.04. The number of halogens is 2. The van der Waals surface area contributed by atoms with E-state index in [4.69, 9.17) is 5.11 Å². The number of likely N-dealkylation sites (tertiary alicyclic amines) is 1. The normalized spacial score (nSPS) is 21.2. The molecule has 0 radical (unpaired) electrons. The van der Waals surface area contributed by atoms with Crippen LogP contribution in [0.15, 0.2) is 22.7 Å². The predicted molar refractivity (Wildman–Crippen MR) is 83.7 cm³/mol. The highest BCUT2D eigenvalue weighted by Crippen LogP contribution is 2.31. The van der Waals surface area contributed by atoms with Crippen molar-refractivity contribution < 1.29 is 14.3 Å². The van der Waals surface area contributed by atoms with E-state index in [1.165, 1.54) is 6.07 Å². The number of benzene rings is 1. The van der Waals surface area contributed by atoms with Crippen molar-refractivity contribution in [2.75, 3.05) is 13.1 Å². The van der Waals surface area contributed by atoms with Crippen LogP contribution in [0.4, 0.5) is 4.39 Å². The average molecular weight is 358 g/mol. The third-order valence-electron chi connectivity index (χ3n) is 4.27. The topological polar surface area (TPSA) is 40.5 Å². The third kappa shape index (κ3) is 4.51. The van der Waals surface area contributed by atoms with E-state index in [9.17, 15) is 9.18 Å². The number of carboxylic acid groups (broad SMARTS) is 1. The first-order chi connectivity index (χ1) is 9.97. The maximum Gasteiger partial charge on any atom is 0.303 e. The van der Waals surface area contributed by atoms with Gasteiger partial charge in [0.25, 0.3) is 0 Å². The standard InChI is InChI=1S/C16H21BrFNO2/c1-11(14-9-13(17)5-6-15(14)18)19-8-2-3-12(10-19)4-7-16(20)21/h5-6,9,11-12H,2-4,7-8,10H2,1H3,(H,20,21). The SMILES string of the molecule is CC(c1cc(Br)ccc1F)N1CCCC(CCC(=O)O)C1. The lowest BCUT2D eigenvalue weighted by molar-refractivity contribution is -0.137. The van der Waals surface area contributed by atoms with Crippen molar-refractivity contribution >= 4 is 21.9 Å². The van der Waals surface area contributed by atoms with Crippen LogP contribution in [0.3, 0.4) is 0 Å². The second-order valence-corrected chi connectivity index (χ2v) is 6.69. The second kappa shape index (κ2) is 7.36. The quantitative estimate of drug-likeness (QED) is 0.857. The Balaban J connectivity index is 2.03. The van der Waals surface area contributed by atoms with Crippen LogP contribution < -0.4 is 0 Å². The maximum absolute atomic E-state index is 14.0. The van der Waals surface area contributed by atoms with Crippen molar-refractivity contribution in [2.45, 2.75) is 38.6 Å². The largest absolute Gasteiger partial charge is 0.481 e. The van der Waals surface area contributed by atoms with Crippen molar-refractivity contribution in [1.29, 1.82) is 0 Å². The monoisotopic (exact) mass is 357 g/mol. The number of aliphatic carboxylic acids is 1. The number of hydrogen-bond donors (Lipinski definition) is 1. The van der Waals surface area contributed by atoms with E-state index in [1.807, 2.05) is 13.0 Å². The van der Waals surface area contributed by atoms with Gasteiger partial charge in [0.05, 0.1) is 0 Å². The molecule has 0 amide bonds. The summed E-state index contributed by atoms with van der Waals surface area (Å²) in [5.41, 5.74) is 0.697. The first-order valence-electron chi connectivity index (χ1n) is 7.38. The minimum absolute atomic E-state index is 0.00938. The first kappa shape index (κ1) is 16.4. The van der Waals surface area contributed by atoms with E-state index in [-0.39, 0.29) is 18.3 Å². The van der Waals surface area contributed by atoms with Crippen molar-refractivity contribution in [3.05, 3.63) is 34.1 Å². The van der Waals surface area contributed by atoms with Gasteiger partial charge in [-0.15, -0.1) is 0 Å². The molecule has 1 N–H and O–H groups in total. The van der Waals surface area contributed by atoms with Gasteiger partial charge in [-0.05, 0) is 56.8 Å². The van der Waals surface area contributed by atoms with Crippen molar-refractivity contribution in [3.8, 4) is 0 Å². The Morgan fingerprint density at radius 1 is 1.57 bits per heavy atom. The Bertz CT molecular complexity index is 509. The van der Waals surface area contributed by atoms with E-state index >= 15 is 0 Å². The molecule has 1 aliphatic rings. The van der Waals surface area contributed by atoms with Crippen LogP contribution in [0.1, 0.15) is 44.2 Å². The van der Waals surface area contributed by atoms with Gasteiger partial charge in [-0.3, -0.25) is 9.69 Å². The number of piperidine rings is 1. The number of carbonyl (C=O) groups is 1. The van der Waals surface area contributed by atoms with Gasteiger partial charge in [-0.1, -0.05) is 15.9 Å². The third-order valence-corrected chi connectivity index (χ3v) is 4.77. The van der Waals surface area contributed by atoms with Gasteiger partial charge in [0, 0.05) is 29.0 Å². The van der Waals surface area contributed by atoms with Gasteiger partial charge >= 0.3 is 5.97 Å². The van der Waals surface area contributed by atoms with Gasteiger partial charge in [-0.25, -0.2) is 4.39 Å². The average Bonchev–Trinajstić information content (AvgIpc) is 2.47. The van der Waals surface area contributed by atoms with Crippen LogP contribution in [0.5, 0.6) is 0 Å². The maximum atomic E-state index is 14.0. The summed E-state index contributed by atoms with van der Waals surface area (Å²) in [5, 5.41) is 8.80. The molecule has 2 atom stereocenters. The van der Waals surface area contributed by atoms with Crippen molar-refractivity contribution in [2.24, 2.45) is 5.92 Å². The highest BCUT2D eigenvalue weighted by atomic mass is 79.9. The summed E-state index contributed by atoms with van der Waals surface area (Å²) < 4.78 is 14.9. The molecule has 0 aliphatic carbocycles. The summed E-state index contributed by atoms with van der Waals surface area (Å²) in [4.78, 5) is 13.0. The summed E-state index contributed by atoms with van der Waals surface area (Å²) in [5.74, 6) is -0.524. The van der Waals surface area contributed by atoms with E-state index < -0.39 is 5.97 Å². The Hall–Kier alpha value is -0.940. The summed E-state index contributed by atoms with van der Waals surface area (Å²) in [6.45, 7) is 3.81. The zero-order valence-electron chi connectivity index (χ0n) is 12.2. The van der Waals surface area contributed by atoms with Gasteiger partial charge in [-0.2, -0.15) is 0 Å². The van der Waals surface area contributed by atoms with Crippen molar-refractivity contribution in [1.82, 2.24) is 4.90 Å². The minimum atomic E-state index is -0.738. The fraction of sp³-hybridized carbons (Fsp3) is 0.562. The molecule has 0 saturated carbocycles. The first-order valence-corrected chi connectivity index (χ1v) is 8.17. The second-order valence-electron chi connectivity index (χ2n) is 5.78. The smallest absolute Gasteiger partial charge is 0.303 e. The Morgan fingerprint density at radius 2 is 2.33 bits per heavy atom. The van der Waals surface area contributed by atoms with E-state index in [1.54, 1.807) is 6.07 Å². The molecule has 116 valence electrons. The van der Waals surface area contributed by atoms with Crippen LogP contribution >= 0.6 is 15.9 Å². The van der Waals surface area contributed by atoms with Gasteiger partial charge in [0.1, 0.15) is 5.82 Å². The molecule has 0 spiro atoms. The van der Waals surface area contributed by atoms with Crippen LogP contribution in [-0.4, -0.2) is 29.1 Å². The molecule has 2 unspecified atom stereocenters. The van der Waals surface area contributed by atoms with Gasteiger partial charge in [0.15, 0.2) is 0 Å². The van der Waals surface area contributed by atoms with Gasteiger partial charge in [0.2, 0.25) is 0 Å². The number of carboxylic acids is 1. The summed E-state index contributed by atoms with van der Waals surface area (Å²) in [6, 6.07) is 5.04. The summed E-state index contributed by atoms with van der Waals surface area (Å²) in [7, 11) is 0. The molecule has 1 saturated heterocycles. The molecule has 0 bridgehead atoms. The Labute approximate surface area is 133 Å². The van der Waals surface area contributed by atoms with Crippen LogP contribution in [-0.2, 0) is 4.79 Å². The Morgan fingerprint density at radius 3 is 3.05 bits per heavy atom. The molecular formula is C16H21BrFNO2. The van der Waals surface area contributed by atoms with Crippen LogP contribution in [0, 0.1) is 11.7 Å². The molecule has 1 aromatic carbocycles. The highest BCUT2D eigenvalue weighted by Gasteiger charge is 2.26. The fourth-order valence-electron chi connectivity index (χ4n) is 3.04. The van der Waals surface area contributed by atoms with E-state index in [0.29, 0.717) is 17.9 Å². The lowest BCUT2D eigenvalue weighted by Gasteiger charge is -2.37. The number of hydrogen-bond acceptors (Lipinski definition) is 2. The molecule has 2 rings (SSSR count). The lowest BCUT2D eigenvalue weighted by Crippen LogP contribution is -2.37.